The maximum atomic E-state index is 13.4. The van der Waals surface area contributed by atoms with Gasteiger partial charge in [0, 0.05) is 30.6 Å². The number of sulfonamides is 1. The van der Waals surface area contributed by atoms with Gasteiger partial charge in [-0.3, -0.25) is 14.4 Å². The zero-order valence-electron chi connectivity index (χ0n) is 20.9. The number of carbonyl (C=O) groups excluding carboxylic acids is 3. The molecule has 1 saturated carbocycles. The van der Waals surface area contributed by atoms with Crippen molar-refractivity contribution in [1.29, 1.82) is 0 Å². The number of amides is 3. The van der Waals surface area contributed by atoms with Crippen LogP contribution in [0.3, 0.4) is 0 Å². The minimum Gasteiger partial charge on any atom is -0.352 e. The van der Waals surface area contributed by atoms with Crippen LogP contribution in [0.25, 0.3) is 0 Å². The van der Waals surface area contributed by atoms with Crippen molar-refractivity contribution >= 4 is 39.3 Å². The van der Waals surface area contributed by atoms with Crippen LogP contribution in [0.15, 0.2) is 53.4 Å². The Labute approximate surface area is 223 Å². The number of halogens is 1. The Morgan fingerprint density at radius 2 is 1.84 bits per heavy atom. The summed E-state index contributed by atoms with van der Waals surface area (Å²) in [5, 5.41) is 3.62. The molecule has 0 aromatic heterocycles. The normalized spacial score (nSPS) is 17.8. The van der Waals surface area contributed by atoms with Crippen LogP contribution >= 0.6 is 11.6 Å². The van der Waals surface area contributed by atoms with E-state index in [1.807, 2.05) is 6.07 Å². The maximum Gasteiger partial charge on any atom is 0.269 e. The van der Waals surface area contributed by atoms with Gasteiger partial charge < -0.3 is 10.2 Å². The van der Waals surface area contributed by atoms with E-state index >= 15 is 0 Å². The van der Waals surface area contributed by atoms with E-state index in [1.54, 1.807) is 37.3 Å². The standard InChI is InChI=1S/C27H32ClN3O5S/c1-19(26(33)29-22-11-3-2-4-12-22)30(18-20-9-7-10-21(28)17-20)25(32)15-8-16-31-27(34)23-13-5-6-14-24(23)37(31,35)36/h5-7,9-10,13-14,17,19,22H,2-4,8,11-12,15-16,18H2,1H3,(H,29,33). The van der Waals surface area contributed by atoms with Crippen molar-refractivity contribution in [2.45, 2.75) is 75.4 Å². The molecule has 2 aromatic rings. The molecular weight excluding hydrogens is 514 g/mol. The molecule has 0 bridgehead atoms. The quantitative estimate of drug-likeness (QED) is 0.510. The summed E-state index contributed by atoms with van der Waals surface area (Å²) in [6.45, 7) is 1.77. The van der Waals surface area contributed by atoms with E-state index in [1.165, 1.54) is 23.5 Å². The number of fused-ring (bicyclic) bond motifs is 1. The Kier molecular flexibility index (Phi) is 8.54. The third-order valence-electron chi connectivity index (χ3n) is 7.02. The molecule has 1 atom stereocenters. The maximum absolute atomic E-state index is 13.4. The molecule has 1 fully saturated rings. The lowest BCUT2D eigenvalue weighted by Crippen LogP contribution is -2.50. The zero-order valence-corrected chi connectivity index (χ0v) is 22.4. The van der Waals surface area contributed by atoms with Gasteiger partial charge in [-0.1, -0.05) is 55.1 Å². The van der Waals surface area contributed by atoms with Gasteiger partial charge in [-0.25, -0.2) is 12.7 Å². The molecule has 0 radical (unpaired) electrons. The second kappa shape index (κ2) is 11.6. The largest absolute Gasteiger partial charge is 0.352 e. The average Bonchev–Trinajstić information content (AvgIpc) is 3.08. The van der Waals surface area contributed by atoms with Crippen LogP contribution < -0.4 is 5.32 Å². The lowest BCUT2D eigenvalue weighted by atomic mass is 9.95. The van der Waals surface area contributed by atoms with Crippen LogP contribution in [-0.4, -0.2) is 54.0 Å². The first-order chi connectivity index (χ1) is 17.7. The smallest absolute Gasteiger partial charge is 0.269 e. The van der Waals surface area contributed by atoms with Gasteiger partial charge in [-0.2, -0.15) is 0 Å². The number of nitrogens with one attached hydrogen (secondary N) is 1. The second-order valence-corrected chi connectivity index (χ2v) is 11.9. The molecule has 2 aromatic carbocycles. The van der Waals surface area contributed by atoms with Gasteiger partial charge in [0.25, 0.3) is 15.9 Å². The monoisotopic (exact) mass is 545 g/mol. The van der Waals surface area contributed by atoms with Crippen LogP contribution in [0.2, 0.25) is 5.02 Å². The van der Waals surface area contributed by atoms with E-state index in [9.17, 15) is 22.8 Å². The van der Waals surface area contributed by atoms with Gasteiger partial charge in [-0.05, 0) is 56.0 Å². The number of rotatable bonds is 9. The molecule has 198 valence electrons. The number of carbonyl (C=O) groups is 3. The van der Waals surface area contributed by atoms with Gasteiger partial charge >= 0.3 is 0 Å². The van der Waals surface area contributed by atoms with Gasteiger partial charge in [0.1, 0.15) is 10.9 Å². The molecule has 1 heterocycles. The third kappa shape index (κ3) is 6.15. The van der Waals surface area contributed by atoms with Gasteiger partial charge in [0.05, 0.1) is 5.56 Å². The van der Waals surface area contributed by atoms with Crippen LogP contribution in [-0.2, 0) is 26.2 Å². The highest BCUT2D eigenvalue weighted by Gasteiger charge is 2.40. The SMILES string of the molecule is CC(C(=O)NC1CCCCC1)N(Cc1cccc(Cl)c1)C(=O)CCCN1C(=O)c2ccccc2S1(=O)=O. The van der Waals surface area contributed by atoms with Crippen LogP contribution in [0.5, 0.6) is 0 Å². The number of hydrogen-bond acceptors (Lipinski definition) is 5. The van der Waals surface area contributed by atoms with Crippen molar-refractivity contribution in [3.63, 3.8) is 0 Å². The molecule has 0 saturated heterocycles. The Morgan fingerprint density at radius 1 is 1.11 bits per heavy atom. The summed E-state index contributed by atoms with van der Waals surface area (Å²) >= 11 is 6.14. The summed E-state index contributed by atoms with van der Waals surface area (Å²) in [4.78, 5) is 40.6. The molecule has 3 amide bonds. The fourth-order valence-corrected chi connectivity index (χ4v) is 6.77. The second-order valence-electron chi connectivity index (χ2n) is 9.65. The van der Waals surface area contributed by atoms with Crippen LogP contribution in [0, 0.1) is 0 Å². The van der Waals surface area contributed by atoms with E-state index in [0.29, 0.717) is 5.02 Å². The minimum absolute atomic E-state index is 0.0121. The molecule has 1 N–H and O–H groups in total. The summed E-state index contributed by atoms with van der Waals surface area (Å²) < 4.78 is 26.4. The number of hydrogen-bond donors (Lipinski definition) is 1. The molecule has 1 unspecified atom stereocenters. The molecule has 37 heavy (non-hydrogen) atoms. The van der Waals surface area contributed by atoms with Crippen LogP contribution in [0.1, 0.15) is 67.8 Å². The van der Waals surface area contributed by atoms with E-state index in [2.05, 4.69) is 5.32 Å². The molecule has 10 heteroatoms. The van der Waals surface area contributed by atoms with Gasteiger partial charge in [0.15, 0.2) is 0 Å². The molecule has 1 aliphatic carbocycles. The zero-order chi connectivity index (χ0) is 26.6. The fraction of sp³-hybridized carbons (Fsp3) is 0.444. The fourth-order valence-electron chi connectivity index (χ4n) is 4.95. The lowest BCUT2D eigenvalue weighted by Gasteiger charge is -2.31. The van der Waals surface area contributed by atoms with Gasteiger partial charge in [0.2, 0.25) is 11.8 Å². The number of benzene rings is 2. The molecule has 1 aliphatic heterocycles. The Morgan fingerprint density at radius 3 is 2.54 bits per heavy atom. The lowest BCUT2D eigenvalue weighted by molar-refractivity contribution is -0.141. The summed E-state index contributed by atoms with van der Waals surface area (Å²) in [6.07, 6.45) is 5.31. The molecule has 0 spiro atoms. The summed E-state index contributed by atoms with van der Waals surface area (Å²) in [5.41, 5.74) is 0.926. The molecule has 4 rings (SSSR count). The predicted molar refractivity (Wildman–Crippen MR) is 140 cm³/mol. The minimum atomic E-state index is -3.93. The Hall–Kier alpha value is -2.91. The summed E-state index contributed by atoms with van der Waals surface area (Å²) in [6, 6.07) is 12.6. The van der Waals surface area contributed by atoms with Gasteiger partial charge in [-0.15, -0.1) is 0 Å². The van der Waals surface area contributed by atoms with Crippen molar-refractivity contribution in [3.05, 3.63) is 64.7 Å². The van der Waals surface area contributed by atoms with E-state index in [-0.39, 0.29) is 54.2 Å². The summed E-state index contributed by atoms with van der Waals surface area (Å²) in [7, 11) is -3.93. The number of nitrogens with zero attached hydrogens (tertiary/aromatic N) is 2. The first-order valence-corrected chi connectivity index (χ1v) is 14.5. The van der Waals surface area contributed by atoms with E-state index < -0.39 is 22.0 Å². The third-order valence-corrected chi connectivity index (χ3v) is 9.10. The van der Waals surface area contributed by atoms with Crippen molar-refractivity contribution in [2.24, 2.45) is 0 Å². The Bertz CT molecular complexity index is 1280. The molecule has 8 nitrogen and oxygen atoms in total. The van der Waals surface area contributed by atoms with Crippen molar-refractivity contribution < 1.29 is 22.8 Å². The summed E-state index contributed by atoms with van der Waals surface area (Å²) in [5.74, 6) is -1.10. The first kappa shape index (κ1) is 27.1. The highest BCUT2D eigenvalue weighted by molar-refractivity contribution is 7.90. The van der Waals surface area contributed by atoms with E-state index in [0.717, 1.165) is 35.6 Å². The molecular formula is C27H32ClN3O5S. The topological polar surface area (TPSA) is 104 Å². The highest BCUT2D eigenvalue weighted by Crippen LogP contribution is 2.30. The van der Waals surface area contributed by atoms with Crippen LogP contribution in [0.4, 0.5) is 0 Å². The average molecular weight is 546 g/mol. The van der Waals surface area contributed by atoms with Crippen molar-refractivity contribution in [3.8, 4) is 0 Å². The van der Waals surface area contributed by atoms with Crippen molar-refractivity contribution in [1.82, 2.24) is 14.5 Å². The first-order valence-electron chi connectivity index (χ1n) is 12.7. The van der Waals surface area contributed by atoms with Crippen molar-refractivity contribution in [2.75, 3.05) is 6.54 Å². The molecule has 2 aliphatic rings. The van der Waals surface area contributed by atoms with E-state index in [4.69, 9.17) is 11.6 Å². The Balaban J connectivity index is 1.43. The predicted octanol–water partition coefficient (Wildman–Crippen LogP) is 4.13. The highest BCUT2D eigenvalue weighted by atomic mass is 35.5.